The number of carbonyl (C=O) groups excluding carboxylic acids is 1. The zero-order valence-electron chi connectivity index (χ0n) is 11.1. The van der Waals surface area contributed by atoms with Crippen LogP contribution >= 0.6 is 11.6 Å². The molecule has 0 spiro atoms. The summed E-state index contributed by atoms with van der Waals surface area (Å²) in [5.41, 5.74) is 7.02. The first-order valence-corrected chi connectivity index (χ1v) is 6.57. The lowest BCUT2D eigenvalue weighted by atomic mass is 10.1. The van der Waals surface area contributed by atoms with Crippen LogP contribution in [0.3, 0.4) is 0 Å². The normalized spacial score (nSPS) is 10.4. The number of amides is 2. The van der Waals surface area contributed by atoms with Gasteiger partial charge in [0.25, 0.3) is 0 Å². The van der Waals surface area contributed by atoms with E-state index < -0.39 is 6.03 Å². The summed E-state index contributed by atoms with van der Waals surface area (Å²) in [7, 11) is 0. The van der Waals surface area contributed by atoms with Crippen molar-refractivity contribution >= 4 is 29.0 Å². The van der Waals surface area contributed by atoms with E-state index in [1.54, 1.807) is 36.5 Å². The van der Waals surface area contributed by atoms with Crippen LogP contribution < -0.4 is 10.6 Å². The second kappa shape index (κ2) is 5.78. The zero-order valence-corrected chi connectivity index (χ0v) is 11.9. The Kier molecular flexibility index (Phi) is 3.67. The van der Waals surface area contributed by atoms with Crippen LogP contribution in [-0.2, 0) is 0 Å². The van der Waals surface area contributed by atoms with Gasteiger partial charge in [-0.15, -0.1) is 10.2 Å². The molecule has 9 heteroatoms. The molecule has 0 aliphatic carbocycles. The van der Waals surface area contributed by atoms with Crippen LogP contribution in [0.1, 0.15) is 0 Å². The molecule has 3 N–H and O–H groups in total. The molecule has 110 valence electrons. The lowest BCUT2D eigenvalue weighted by Gasteiger charge is -2.22. The van der Waals surface area contributed by atoms with Gasteiger partial charge in [0, 0.05) is 16.8 Å². The Balaban J connectivity index is 2.20. The van der Waals surface area contributed by atoms with E-state index in [4.69, 9.17) is 17.3 Å². The number of nitrogens with one attached hydrogen (secondary N) is 1. The van der Waals surface area contributed by atoms with E-state index in [9.17, 15) is 4.79 Å². The van der Waals surface area contributed by atoms with Crippen molar-refractivity contribution in [2.45, 2.75) is 0 Å². The number of primary amides is 1. The van der Waals surface area contributed by atoms with Gasteiger partial charge in [-0.05, 0) is 35.5 Å². The Labute approximate surface area is 129 Å². The predicted molar refractivity (Wildman–Crippen MR) is 80.6 cm³/mol. The van der Waals surface area contributed by atoms with Gasteiger partial charge in [-0.3, -0.25) is 9.88 Å². The Morgan fingerprint density at radius 2 is 2.18 bits per heavy atom. The molecule has 3 rings (SSSR count). The lowest BCUT2D eigenvalue weighted by Crippen LogP contribution is -2.32. The molecule has 0 aliphatic rings. The van der Waals surface area contributed by atoms with Crippen LogP contribution in [0, 0.1) is 0 Å². The average Bonchev–Trinajstić information content (AvgIpc) is 3.02. The number of carbonyl (C=O) groups is 1. The van der Waals surface area contributed by atoms with Gasteiger partial charge in [0.15, 0.2) is 0 Å². The lowest BCUT2D eigenvalue weighted by molar-refractivity contribution is 0.256. The molecule has 8 nitrogen and oxygen atoms in total. The van der Waals surface area contributed by atoms with Gasteiger partial charge >= 0.3 is 6.03 Å². The molecule has 0 saturated carbocycles. The number of pyridine rings is 1. The van der Waals surface area contributed by atoms with Gasteiger partial charge in [0.05, 0.1) is 17.6 Å². The third kappa shape index (κ3) is 2.59. The van der Waals surface area contributed by atoms with Gasteiger partial charge in [0.2, 0.25) is 5.82 Å². The number of halogens is 1. The van der Waals surface area contributed by atoms with Crippen LogP contribution in [0.4, 0.5) is 16.2 Å². The summed E-state index contributed by atoms with van der Waals surface area (Å²) in [5.74, 6) is 0.321. The fourth-order valence-electron chi connectivity index (χ4n) is 2.03. The van der Waals surface area contributed by atoms with Gasteiger partial charge in [-0.1, -0.05) is 11.6 Å². The molecule has 0 fully saturated rings. The number of benzene rings is 1. The first kappa shape index (κ1) is 14.0. The van der Waals surface area contributed by atoms with Crippen LogP contribution in [0.5, 0.6) is 0 Å². The Morgan fingerprint density at radius 3 is 2.82 bits per heavy atom. The summed E-state index contributed by atoms with van der Waals surface area (Å²) in [4.78, 5) is 17.2. The molecule has 0 aliphatic heterocycles. The molecule has 2 aromatic heterocycles. The number of tetrazole rings is 1. The number of aromatic nitrogens is 5. The van der Waals surface area contributed by atoms with Gasteiger partial charge in [-0.25, -0.2) is 4.79 Å². The maximum absolute atomic E-state index is 11.9. The van der Waals surface area contributed by atoms with Crippen molar-refractivity contribution in [1.29, 1.82) is 0 Å². The summed E-state index contributed by atoms with van der Waals surface area (Å²) in [6.45, 7) is 0. The van der Waals surface area contributed by atoms with Crippen molar-refractivity contribution in [3.63, 3.8) is 0 Å². The Morgan fingerprint density at radius 1 is 1.32 bits per heavy atom. The van der Waals surface area contributed by atoms with Crippen molar-refractivity contribution in [2.75, 3.05) is 4.90 Å². The molecule has 3 aromatic rings. The molecule has 0 radical (unpaired) electrons. The predicted octanol–water partition coefficient (Wildman–Crippen LogP) is 2.13. The van der Waals surface area contributed by atoms with Crippen molar-refractivity contribution in [3.05, 3.63) is 47.7 Å². The van der Waals surface area contributed by atoms with Crippen LogP contribution in [-0.4, -0.2) is 31.6 Å². The van der Waals surface area contributed by atoms with Crippen molar-refractivity contribution in [1.82, 2.24) is 25.6 Å². The van der Waals surface area contributed by atoms with E-state index >= 15 is 0 Å². The second-order valence-corrected chi connectivity index (χ2v) is 4.72. The average molecular weight is 316 g/mol. The van der Waals surface area contributed by atoms with Crippen LogP contribution in [0.2, 0.25) is 5.02 Å². The van der Waals surface area contributed by atoms with Crippen molar-refractivity contribution in [3.8, 4) is 11.4 Å². The minimum absolute atomic E-state index is 0.321. The number of hydrogen-bond donors (Lipinski definition) is 2. The molecule has 1 aromatic carbocycles. The van der Waals surface area contributed by atoms with E-state index in [1.165, 1.54) is 11.1 Å². The first-order chi connectivity index (χ1) is 10.7. The van der Waals surface area contributed by atoms with E-state index in [1.807, 2.05) is 0 Å². The molecule has 22 heavy (non-hydrogen) atoms. The summed E-state index contributed by atoms with van der Waals surface area (Å²) in [6, 6.07) is 7.68. The smallest absolute Gasteiger partial charge is 0.323 e. The summed E-state index contributed by atoms with van der Waals surface area (Å²) >= 11 is 6.06. The Bertz CT molecular complexity index is 791. The number of aromatic amines is 1. The summed E-state index contributed by atoms with van der Waals surface area (Å²) in [6.07, 6.45) is 3.12. The van der Waals surface area contributed by atoms with Crippen molar-refractivity contribution < 1.29 is 4.79 Å². The molecule has 0 unspecified atom stereocenters. The number of nitrogens with zero attached hydrogens (tertiary/aromatic N) is 5. The topological polar surface area (TPSA) is 114 Å². The fourth-order valence-corrected chi connectivity index (χ4v) is 2.19. The molecule has 0 saturated heterocycles. The number of anilines is 2. The second-order valence-electron chi connectivity index (χ2n) is 4.28. The largest absolute Gasteiger partial charge is 0.351 e. The SMILES string of the molecule is NC(=O)N(c1cccnc1)c1cc(Cl)ccc1-c1nn[nH]n1. The van der Waals surface area contributed by atoms with Gasteiger partial charge in [0.1, 0.15) is 0 Å². The molecule has 2 amide bonds. The molecule has 0 atom stereocenters. The number of H-pyrrole nitrogens is 1. The Hall–Kier alpha value is -3.00. The highest BCUT2D eigenvalue weighted by Crippen LogP contribution is 2.35. The molecule has 0 bridgehead atoms. The van der Waals surface area contributed by atoms with E-state index in [-0.39, 0.29) is 0 Å². The number of urea groups is 1. The number of hydrogen-bond acceptors (Lipinski definition) is 5. The molecular weight excluding hydrogens is 306 g/mol. The monoisotopic (exact) mass is 315 g/mol. The standard InChI is InChI=1S/C13H10ClN7O/c14-8-3-4-10(12-17-19-20-18-12)11(6-8)21(13(15)22)9-2-1-5-16-7-9/h1-7H,(H2,15,22)(H,17,18,19,20). The zero-order chi connectivity index (χ0) is 15.5. The maximum atomic E-state index is 11.9. The maximum Gasteiger partial charge on any atom is 0.323 e. The highest BCUT2D eigenvalue weighted by Gasteiger charge is 2.21. The third-order valence-corrected chi connectivity index (χ3v) is 3.15. The summed E-state index contributed by atoms with van der Waals surface area (Å²) in [5, 5.41) is 14.2. The minimum atomic E-state index is -0.681. The van der Waals surface area contributed by atoms with Crippen LogP contribution in [0.15, 0.2) is 42.7 Å². The summed E-state index contributed by atoms with van der Waals surface area (Å²) < 4.78 is 0. The fraction of sp³-hybridized carbons (Fsp3) is 0. The highest BCUT2D eigenvalue weighted by molar-refractivity contribution is 6.31. The van der Waals surface area contributed by atoms with E-state index in [0.29, 0.717) is 27.8 Å². The highest BCUT2D eigenvalue weighted by atomic mass is 35.5. The number of rotatable bonds is 3. The first-order valence-electron chi connectivity index (χ1n) is 6.20. The molecule has 2 heterocycles. The molecular formula is C13H10ClN7O. The van der Waals surface area contributed by atoms with E-state index in [0.717, 1.165) is 0 Å². The van der Waals surface area contributed by atoms with Gasteiger partial charge < -0.3 is 5.73 Å². The number of nitrogens with two attached hydrogens (primary N) is 1. The quantitative estimate of drug-likeness (QED) is 0.768. The van der Waals surface area contributed by atoms with Crippen LogP contribution in [0.25, 0.3) is 11.4 Å². The third-order valence-electron chi connectivity index (χ3n) is 2.91. The van der Waals surface area contributed by atoms with Crippen molar-refractivity contribution in [2.24, 2.45) is 5.73 Å². The van der Waals surface area contributed by atoms with Gasteiger partial charge in [-0.2, -0.15) is 5.21 Å². The van der Waals surface area contributed by atoms with E-state index in [2.05, 4.69) is 25.6 Å². The minimum Gasteiger partial charge on any atom is -0.351 e.